The number of carbonyl (C=O) groups is 1. The number of aliphatic hydroxyl groups is 1. The fourth-order valence-corrected chi connectivity index (χ4v) is 2.48. The molecule has 1 unspecified atom stereocenters. The molecule has 0 fully saturated rings. The summed E-state index contributed by atoms with van der Waals surface area (Å²) >= 11 is 0. The Bertz CT molecular complexity index is 659. The average Bonchev–Trinajstić information content (AvgIpc) is 2.55. The zero-order valence-corrected chi connectivity index (χ0v) is 15.0. The zero-order valence-electron chi connectivity index (χ0n) is 15.0. The highest BCUT2D eigenvalue weighted by Gasteiger charge is 2.23. The highest BCUT2D eigenvalue weighted by molar-refractivity contribution is 5.96. The molecule has 0 saturated carbocycles. The number of carbonyl (C=O) groups excluding carboxylic acids is 1. The second-order valence-corrected chi connectivity index (χ2v) is 7.05. The predicted molar refractivity (Wildman–Crippen MR) is 97.0 cm³/mol. The van der Waals surface area contributed by atoms with Gasteiger partial charge in [0, 0.05) is 24.1 Å². The van der Waals surface area contributed by atoms with E-state index in [0.29, 0.717) is 36.6 Å². The number of rotatable bonds is 7. The van der Waals surface area contributed by atoms with Gasteiger partial charge in [-0.15, -0.1) is 6.42 Å². The molecule has 136 valence electrons. The normalized spacial score (nSPS) is 14.9. The monoisotopic (exact) mass is 346 g/mol. The lowest BCUT2D eigenvalue weighted by molar-refractivity contribution is -0.116. The van der Waals surface area contributed by atoms with E-state index in [-0.39, 0.29) is 24.7 Å². The number of terminal acetylenes is 1. The third-order valence-corrected chi connectivity index (χ3v) is 3.71. The largest absolute Gasteiger partial charge is 0.490 e. The number of benzene rings is 1. The van der Waals surface area contributed by atoms with Crippen molar-refractivity contribution in [1.29, 1.82) is 0 Å². The molecule has 1 aromatic rings. The highest BCUT2D eigenvalue weighted by Crippen LogP contribution is 2.38. The molecule has 1 atom stereocenters. The quantitative estimate of drug-likeness (QED) is 0.655. The van der Waals surface area contributed by atoms with Gasteiger partial charge in [0.25, 0.3) is 0 Å². The first kappa shape index (κ1) is 19.1. The van der Waals surface area contributed by atoms with Gasteiger partial charge in [-0.1, -0.05) is 5.92 Å². The molecule has 2 rings (SSSR count). The van der Waals surface area contributed by atoms with Crippen molar-refractivity contribution in [3.63, 3.8) is 0 Å². The van der Waals surface area contributed by atoms with E-state index in [9.17, 15) is 9.90 Å². The molecule has 0 saturated heterocycles. The third-order valence-electron chi connectivity index (χ3n) is 3.71. The Balaban J connectivity index is 2.07. The summed E-state index contributed by atoms with van der Waals surface area (Å²) in [5.41, 5.74) is 1.40. The summed E-state index contributed by atoms with van der Waals surface area (Å²) in [4.78, 5) is 11.7. The van der Waals surface area contributed by atoms with Gasteiger partial charge in [0.1, 0.15) is 30.8 Å². The van der Waals surface area contributed by atoms with Crippen molar-refractivity contribution in [2.24, 2.45) is 0 Å². The Morgan fingerprint density at radius 1 is 1.32 bits per heavy atom. The lowest BCUT2D eigenvalue weighted by Gasteiger charge is -2.25. The van der Waals surface area contributed by atoms with Crippen molar-refractivity contribution in [2.75, 3.05) is 25.1 Å². The lowest BCUT2D eigenvalue weighted by atomic mass is 10.0. The Morgan fingerprint density at radius 2 is 2.04 bits per heavy atom. The molecule has 1 heterocycles. The SMILES string of the molecule is C#CCOc1ccc(OCC(O)CNC(C)(C)C)c2c1NC(=O)CC2. The molecule has 0 aromatic heterocycles. The van der Waals surface area contributed by atoms with Crippen molar-refractivity contribution in [3.05, 3.63) is 17.7 Å². The van der Waals surface area contributed by atoms with Crippen molar-refractivity contribution in [1.82, 2.24) is 5.32 Å². The number of nitrogens with one attached hydrogen (secondary N) is 2. The summed E-state index contributed by atoms with van der Waals surface area (Å²) in [5, 5.41) is 16.1. The van der Waals surface area contributed by atoms with Crippen LogP contribution in [0, 0.1) is 12.3 Å². The van der Waals surface area contributed by atoms with Crippen molar-refractivity contribution in [2.45, 2.75) is 45.3 Å². The van der Waals surface area contributed by atoms with Gasteiger partial charge in [0.2, 0.25) is 5.91 Å². The first-order chi connectivity index (χ1) is 11.8. The van der Waals surface area contributed by atoms with Crippen LogP contribution < -0.4 is 20.1 Å². The molecule has 1 amide bonds. The molecular weight excluding hydrogens is 320 g/mol. The van der Waals surface area contributed by atoms with E-state index in [0.717, 1.165) is 5.56 Å². The highest BCUT2D eigenvalue weighted by atomic mass is 16.5. The number of hydrogen-bond acceptors (Lipinski definition) is 5. The van der Waals surface area contributed by atoms with Crippen LogP contribution in [0.3, 0.4) is 0 Å². The Hall–Kier alpha value is -2.23. The van der Waals surface area contributed by atoms with E-state index in [1.54, 1.807) is 12.1 Å². The van der Waals surface area contributed by atoms with Gasteiger partial charge in [0.05, 0.1) is 5.69 Å². The van der Waals surface area contributed by atoms with Gasteiger partial charge in [-0.25, -0.2) is 0 Å². The van der Waals surface area contributed by atoms with Gasteiger partial charge in [-0.2, -0.15) is 0 Å². The number of β-amino-alcohol motifs (C(OH)–C–C–N with tert-alkyl or cyclic N) is 1. The first-order valence-corrected chi connectivity index (χ1v) is 8.38. The van der Waals surface area contributed by atoms with E-state index in [1.807, 2.05) is 20.8 Å². The number of hydrogen-bond donors (Lipinski definition) is 3. The van der Waals surface area contributed by atoms with Crippen LogP contribution in [-0.2, 0) is 11.2 Å². The van der Waals surface area contributed by atoms with E-state index in [1.165, 1.54) is 0 Å². The minimum Gasteiger partial charge on any atom is -0.490 e. The predicted octanol–water partition coefficient (Wildman–Crippen LogP) is 1.71. The fraction of sp³-hybridized carbons (Fsp3) is 0.526. The topological polar surface area (TPSA) is 79.8 Å². The van der Waals surface area contributed by atoms with Crippen molar-refractivity contribution in [3.8, 4) is 23.8 Å². The maximum absolute atomic E-state index is 11.7. The second kappa shape index (κ2) is 8.24. The molecular formula is C19H26N2O4. The molecule has 1 aliphatic heterocycles. The molecule has 0 radical (unpaired) electrons. The van der Waals surface area contributed by atoms with Gasteiger partial charge < -0.3 is 25.2 Å². The van der Waals surface area contributed by atoms with Crippen LogP contribution in [-0.4, -0.2) is 42.4 Å². The number of anilines is 1. The van der Waals surface area contributed by atoms with Crippen LogP contribution in [0.25, 0.3) is 0 Å². The average molecular weight is 346 g/mol. The van der Waals surface area contributed by atoms with Crippen LogP contribution in [0.4, 0.5) is 5.69 Å². The molecule has 1 aromatic carbocycles. The van der Waals surface area contributed by atoms with E-state index in [2.05, 4.69) is 16.6 Å². The number of fused-ring (bicyclic) bond motifs is 1. The van der Waals surface area contributed by atoms with Crippen LogP contribution in [0.1, 0.15) is 32.8 Å². The Morgan fingerprint density at radius 3 is 2.72 bits per heavy atom. The molecule has 3 N–H and O–H groups in total. The van der Waals surface area contributed by atoms with Crippen LogP contribution >= 0.6 is 0 Å². The Kier molecular flexibility index (Phi) is 6.29. The second-order valence-electron chi connectivity index (χ2n) is 7.05. The van der Waals surface area contributed by atoms with Gasteiger partial charge in [-0.3, -0.25) is 4.79 Å². The van der Waals surface area contributed by atoms with Crippen molar-refractivity contribution >= 4 is 11.6 Å². The summed E-state index contributed by atoms with van der Waals surface area (Å²) in [6, 6.07) is 3.50. The van der Waals surface area contributed by atoms with Crippen LogP contribution in [0.2, 0.25) is 0 Å². The van der Waals surface area contributed by atoms with E-state index in [4.69, 9.17) is 15.9 Å². The maximum atomic E-state index is 11.7. The third kappa shape index (κ3) is 5.66. The number of amides is 1. The van der Waals surface area contributed by atoms with E-state index >= 15 is 0 Å². The standard InChI is InChI=1S/C19H26N2O4/c1-5-10-24-16-8-7-15(14-6-9-17(23)21-18(14)16)25-12-13(22)11-20-19(2,3)4/h1,7-8,13,20,22H,6,9-12H2,2-4H3,(H,21,23). The molecule has 25 heavy (non-hydrogen) atoms. The Labute approximate surface area is 148 Å². The van der Waals surface area contributed by atoms with E-state index < -0.39 is 6.10 Å². The molecule has 1 aliphatic rings. The zero-order chi connectivity index (χ0) is 18.4. The summed E-state index contributed by atoms with van der Waals surface area (Å²) in [6.45, 7) is 6.83. The smallest absolute Gasteiger partial charge is 0.224 e. The molecule has 0 bridgehead atoms. The molecule has 0 aliphatic carbocycles. The van der Waals surface area contributed by atoms with Gasteiger partial charge in [0.15, 0.2) is 0 Å². The van der Waals surface area contributed by atoms with Gasteiger partial charge in [-0.05, 0) is 39.3 Å². The van der Waals surface area contributed by atoms with Crippen LogP contribution in [0.15, 0.2) is 12.1 Å². The van der Waals surface area contributed by atoms with Crippen LogP contribution in [0.5, 0.6) is 11.5 Å². The number of aliphatic hydroxyl groups excluding tert-OH is 1. The number of ether oxygens (including phenoxy) is 2. The summed E-state index contributed by atoms with van der Waals surface area (Å²) in [6.07, 6.45) is 5.54. The molecule has 6 nitrogen and oxygen atoms in total. The fourth-order valence-electron chi connectivity index (χ4n) is 2.48. The maximum Gasteiger partial charge on any atom is 0.224 e. The summed E-state index contributed by atoms with van der Waals surface area (Å²) in [7, 11) is 0. The minimum atomic E-state index is -0.634. The molecule has 6 heteroatoms. The first-order valence-electron chi connectivity index (χ1n) is 8.38. The summed E-state index contributed by atoms with van der Waals surface area (Å²) < 4.78 is 11.3. The van der Waals surface area contributed by atoms with Crippen molar-refractivity contribution < 1.29 is 19.4 Å². The lowest BCUT2D eigenvalue weighted by Crippen LogP contribution is -2.42. The minimum absolute atomic E-state index is 0.0652. The summed E-state index contributed by atoms with van der Waals surface area (Å²) in [5.74, 6) is 3.51. The molecule has 0 spiro atoms. The van der Waals surface area contributed by atoms with Gasteiger partial charge >= 0.3 is 0 Å².